The Morgan fingerprint density at radius 2 is 1.94 bits per heavy atom. The Kier molecular flexibility index (Phi) is 5.66. The molecule has 0 aliphatic heterocycles. The Hall–Kier alpha value is -2.08. The lowest BCUT2D eigenvalue weighted by molar-refractivity contribution is -0.122. The van der Waals surface area contributed by atoms with Crippen LogP contribution in [0.4, 0.5) is 4.79 Å². The van der Waals surface area contributed by atoms with Gasteiger partial charge >= 0.3 is 6.09 Å². The van der Waals surface area contributed by atoms with Crippen molar-refractivity contribution in [2.45, 2.75) is 12.5 Å². The molecule has 0 saturated carbocycles. The van der Waals surface area contributed by atoms with Gasteiger partial charge in [0.25, 0.3) is 0 Å². The van der Waals surface area contributed by atoms with Crippen molar-refractivity contribution in [3.63, 3.8) is 0 Å². The number of carbonyl (C=O) groups is 2. The minimum atomic E-state index is -0.863. The van der Waals surface area contributed by atoms with Crippen LogP contribution >= 0.6 is 0 Å². The highest BCUT2D eigenvalue weighted by molar-refractivity contribution is 5.81. The Morgan fingerprint density at radius 1 is 1.28 bits per heavy atom. The minimum absolute atomic E-state index is 0.0408. The molecule has 0 aliphatic carbocycles. The standard InChI is InChI=1S/C12H17N3O3/c13-10(8-9-4-2-1-3-5-9)11(16)15-6-7-18-12(14)17/h1-5,10H,6-8,13H2,(H2,14,17)(H,15,16)/t10-/m0/s1. The van der Waals surface area contributed by atoms with E-state index in [2.05, 4.69) is 10.1 Å². The number of nitrogens with two attached hydrogens (primary N) is 2. The van der Waals surface area contributed by atoms with E-state index in [1.165, 1.54) is 0 Å². The van der Waals surface area contributed by atoms with Gasteiger partial charge in [0.2, 0.25) is 5.91 Å². The van der Waals surface area contributed by atoms with Gasteiger partial charge in [0.15, 0.2) is 0 Å². The minimum Gasteiger partial charge on any atom is -0.448 e. The summed E-state index contributed by atoms with van der Waals surface area (Å²) < 4.78 is 4.47. The second-order valence-electron chi connectivity index (χ2n) is 3.75. The van der Waals surface area contributed by atoms with Crippen molar-refractivity contribution in [3.05, 3.63) is 35.9 Å². The highest BCUT2D eigenvalue weighted by Crippen LogP contribution is 2.01. The van der Waals surface area contributed by atoms with Crippen molar-refractivity contribution in [1.29, 1.82) is 0 Å². The van der Waals surface area contributed by atoms with Crippen molar-refractivity contribution in [2.75, 3.05) is 13.2 Å². The van der Waals surface area contributed by atoms with Crippen molar-refractivity contribution >= 4 is 12.0 Å². The summed E-state index contributed by atoms with van der Waals surface area (Å²) in [5.74, 6) is -0.285. The van der Waals surface area contributed by atoms with Crippen LogP contribution in [0.25, 0.3) is 0 Å². The van der Waals surface area contributed by atoms with Gasteiger partial charge < -0.3 is 21.5 Å². The smallest absolute Gasteiger partial charge is 0.404 e. The topological polar surface area (TPSA) is 107 Å². The molecule has 1 aromatic carbocycles. The molecule has 0 aliphatic rings. The zero-order chi connectivity index (χ0) is 13.4. The fraction of sp³-hybridized carbons (Fsp3) is 0.333. The van der Waals surface area contributed by atoms with E-state index in [0.29, 0.717) is 6.42 Å². The van der Waals surface area contributed by atoms with Crippen molar-refractivity contribution in [1.82, 2.24) is 5.32 Å². The first-order chi connectivity index (χ1) is 8.59. The fourth-order valence-corrected chi connectivity index (χ4v) is 1.42. The van der Waals surface area contributed by atoms with E-state index in [4.69, 9.17) is 11.5 Å². The fourth-order valence-electron chi connectivity index (χ4n) is 1.42. The normalized spacial score (nSPS) is 11.6. The van der Waals surface area contributed by atoms with Crippen LogP contribution in [0.2, 0.25) is 0 Å². The lowest BCUT2D eigenvalue weighted by Crippen LogP contribution is -2.43. The quantitative estimate of drug-likeness (QED) is 0.607. The third-order valence-corrected chi connectivity index (χ3v) is 2.28. The molecule has 1 rings (SSSR count). The number of benzene rings is 1. The molecule has 5 N–H and O–H groups in total. The van der Waals surface area contributed by atoms with Gasteiger partial charge in [0.1, 0.15) is 6.61 Å². The van der Waals surface area contributed by atoms with Crippen LogP contribution in [0.5, 0.6) is 0 Å². The van der Waals surface area contributed by atoms with E-state index < -0.39 is 12.1 Å². The molecule has 0 unspecified atom stereocenters. The second-order valence-corrected chi connectivity index (χ2v) is 3.75. The van der Waals surface area contributed by atoms with Crippen LogP contribution in [-0.2, 0) is 16.0 Å². The van der Waals surface area contributed by atoms with Gasteiger partial charge in [-0.25, -0.2) is 4.79 Å². The van der Waals surface area contributed by atoms with Gasteiger partial charge in [0, 0.05) is 0 Å². The predicted molar refractivity (Wildman–Crippen MR) is 66.7 cm³/mol. The molecule has 18 heavy (non-hydrogen) atoms. The van der Waals surface area contributed by atoms with Gasteiger partial charge in [-0.2, -0.15) is 0 Å². The number of hydrogen-bond donors (Lipinski definition) is 3. The summed E-state index contributed by atoms with van der Waals surface area (Å²) in [7, 11) is 0. The molecule has 0 spiro atoms. The molecule has 0 aromatic heterocycles. The number of hydrogen-bond acceptors (Lipinski definition) is 4. The molecular weight excluding hydrogens is 234 g/mol. The molecule has 0 heterocycles. The molecular formula is C12H17N3O3. The highest BCUT2D eigenvalue weighted by Gasteiger charge is 2.13. The summed E-state index contributed by atoms with van der Waals surface area (Å²) in [5.41, 5.74) is 11.5. The molecule has 2 amide bonds. The number of carbonyl (C=O) groups excluding carboxylic acids is 2. The Labute approximate surface area is 105 Å². The van der Waals surface area contributed by atoms with Crippen molar-refractivity contribution in [3.8, 4) is 0 Å². The first kappa shape index (κ1) is 14.0. The van der Waals surface area contributed by atoms with Gasteiger partial charge in [-0.05, 0) is 12.0 Å². The van der Waals surface area contributed by atoms with E-state index in [1.807, 2.05) is 30.3 Å². The predicted octanol–water partition coefficient (Wildman–Crippen LogP) is -0.232. The van der Waals surface area contributed by atoms with Crippen LogP contribution in [0.3, 0.4) is 0 Å². The van der Waals surface area contributed by atoms with E-state index >= 15 is 0 Å². The van der Waals surface area contributed by atoms with E-state index in [1.54, 1.807) is 0 Å². The van der Waals surface area contributed by atoms with E-state index in [9.17, 15) is 9.59 Å². The Bertz CT molecular complexity index is 395. The molecule has 0 bridgehead atoms. The van der Waals surface area contributed by atoms with E-state index in [0.717, 1.165) is 5.56 Å². The largest absolute Gasteiger partial charge is 0.448 e. The highest BCUT2D eigenvalue weighted by atomic mass is 16.5. The molecule has 1 aromatic rings. The summed E-state index contributed by atoms with van der Waals surface area (Å²) in [5, 5.41) is 2.56. The first-order valence-corrected chi connectivity index (χ1v) is 5.59. The average Bonchev–Trinajstić information content (AvgIpc) is 2.35. The molecule has 1 atom stereocenters. The van der Waals surface area contributed by atoms with Crippen LogP contribution < -0.4 is 16.8 Å². The monoisotopic (exact) mass is 251 g/mol. The number of rotatable bonds is 6. The van der Waals surface area contributed by atoms with Crippen molar-refractivity contribution in [2.24, 2.45) is 11.5 Å². The average molecular weight is 251 g/mol. The number of ether oxygens (including phenoxy) is 1. The van der Waals surface area contributed by atoms with E-state index in [-0.39, 0.29) is 19.1 Å². The molecule has 6 heteroatoms. The maximum absolute atomic E-state index is 11.6. The lowest BCUT2D eigenvalue weighted by Gasteiger charge is -2.12. The van der Waals surface area contributed by atoms with Crippen LogP contribution in [0, 0.1) is 0 Å². The molecule has 0 radical (unpaired) electrons. The Balaban J connectivity index is 2.27. The molecule has 6 nitrogen and oxygen atoms in total. The number of amides is 2. The lowest BCUT2D eigenvalue weighted by atomic mass is 10.1. The van der Waals surface area contributed by atoms with Crippen LogP contribution in [0.1, 0.15) is 5.56 Å². The van der Waals surface area contributed by atoms with Gasteiger partial charge in [-0.3, -0.25) is 4.79 Å². The maximum Gasteiger partial charge on any atom is 0.404 e. The number of primary amides is 1. The number of nitrogens with one attached hydrogen (secondary N) is 1. The first-order valence-electron chi connectivity index (χ1n) is 5.59. The summed E-state index contributed by atoms with van der Waals surface area (Å²) in [6.07, 6.45) is -0.401. The summed E-state index contributed by atoms with van der Waals surface area (Å²) in [6.45, 7) is 0.239. The second kappa shape index (κ2) is 7.29. The van der Waals surface area contributed by atoms with Gasteiger partial charge in [-0.1, -0.05) is 30.3 Å². The van der Waals surface area contributed by atoms with Crippen molar-refractivity contribution < 1.29 is 14.3 Å². The summed E-state index contributed by atoms with van der Waals surface area (Å²) in [4.78, 5) is 21.9. The zero-order valence-corrected chi connectivity index (χ0v) is 9.96. The third-order valence-electron chi connectivity index (χ3n) is 2.28. The molecule has 0 fully saturated rings. The molecule has 0 saturated heterocycles. The zero-order valence-electron chi connectivity index (χ0n) is 9.96. The van der Waals surface area contributed by atoms with Gasteiger partial charge in [-0.15, -0.1) is 0 Å². The third kappa shape index (κ3) is 5.31. The Morgan fingerprint density at radius 3 is 2.56 bits per heavy atom. The summed E-state index contributed by atoms with van der Waals surface area (Å²) in [6, 6.07) is 8.87. The van der Waals surface area contributed by atoms with Crippen LogP contribution in [-0.4, -0.2) is 31.2 Å². The summed E-state index contributed by atoms with van der Waals surface area (Å²) >= 11 is 0. The maximum atomic E-state index is 11.6. The van der Waals surface area contributed by atoms with Gasteiger partial charge in [0.05, 0.1) is 12.6 Å². The molecule has 98 valence electrons. The SMILES string of the molecule is NC(=O)OCCNC(=O)[C@@H](N)Cc1ccccc1. The van der Waals surface area contributed by atoms with Crippen LogP contribution in [0.15, 0.2) is 30.3 Å².